The van der Waals surface area contributed by atoms with Crippen LogP contribution < -0.4 is 0 Å². The second-order valence-corrected chi connectivity index (χ2v) is 11.1. The van der Waals surface area contributed by atoms with Crippen molar-refractivity contribution in [2.45, 2.75) is 18.7 Å². The lowest BCUT2D eigenvalue weighted by atomic mass is 10.2. The summed E-state index contributed by atoms with van der Waals surface area (Å²) in [5.41, 5.74) is 3.12. The van der Waals surface area contributed by atoms with E-state index in [9.17, 15) is 13.2 Å². The minimum Gasteiger partial charge on any atom is -0.335 e. The number of carbonyl (C=O) groups is 1. The molecule has 174 valence electrons. The van der Waals surface area contributed by atoms with Gasteiger partial charge in [-0.05, 0) is 43.2 Å². The first kappa shape index (κ1) is 22.6. The number of fused-ring (bicyclic) bond motifs is 1. The number of amides is 1. The maximum absolute atomic E-state index is 13.4. The Labute approximate surface area is 202 Å². The first-order valence-electron chi connectivity index (χ1n) is 10.9. The molecule has 8 nitrogen and oxygen atoms in total. The lowest BCUT2D eigenvalue weighted by molar-refractivity contribution is 0.0692. The minimum absolute atomic E-state index is 0.220. The number of thiazole rings is 1. The summed E-state index contributed by atoms with van der Waals surface area (Å²) in [6.07, 6.45) is 3.04. The number of sulfonamides is 1. The molecule has 1 saturated heterocycles. The molecule has 0 bridgehead atoms. The molecule has 5 rings (SSSR count). The highest BCUT2D eigenvalue weighted by atomic mass is 32.2. The summed E-state index contributed by atoms with van der Waals surface area (Å²) in [5.74, 6) is -0.272. The highest BCUT2D eigenvalue weighted by molar-refractivity contribution is 7.89. The zero-order valence-corrected chi connectivity index (χ0v) is 20.4. The Balaban J connectivity index is 1.36. The summed E-state index contributed by atoms with van der Waals surface area (Å²) in [5, 5.41) is 0.633. The molecule has 4 aromatic rings. The van der Waals surface area contributed by atoms with Crippen LogP contribution in [0.15, 0.2) is 59.8 Å². The molecule has 1 aliphatic rings. The molecule has 0 spiro atoms. The van der Waals surface area contributed by atoms with Crippen LogP contribution in [0.5, 0.6) is 0 Å². The van der Waals surface area contributed by atoms with Crippen molar-refractivity contribution in [2.75, 3.05) is 26.2 Å². The summed E-state index contributed by atoms with van der Waals surface area (Å²) >= 11 is 1.46. The number of benzene rings is 2. The molecule has 0 radical (unpaired) electrons. The Bertz CT molecular complexity index is 1460. The maximum atomic E-state index is 13.4. The molecule has 1 amide bonds. The van der Waals surface area contributed by atoms with Crippen molar-refractivity contribution in [1.82, 2.24) is 24.2 Å². The fourth-order valence-corrected chi connectivity index (χ4v) is 6.73. The smallest absolute Gasteiger partial charge is 0.274 e. The molecule has 0 aliphatic carbocycles. The van der Waals surface area contributed by atoms with E-state index in [0.717, 1.165) is 15.8 Å². The van der Waals surface area contributed by atoms with Crippen molar-refractivity contribution in [3.05, 3.63) is 71.7 Å². The summed E-state index contributed by atoms with van der Waals surface area (Å²) in [4.78, 5) is 28.7. The van der Waals surface area contributed by atoms with E-state index < -0.39 is 10.0 Å². The first-order chi connectivity index (χ1) is 16.3. The van der Waals surface area contributed by atoms with E-state index in [1.165, 1.54) is 21.8 Å². The van der Waals surface area contributed by atoms with Crippen molar-refractivity contribution in [1.29, 1.82) is 0 Å². The molecule has 34 heavy (non-hydrogen) atoms. The van der Waals surface area contributed by atoms with Gasteiger partial charge in [0.05, 0.1) is 15.1 Å². The average molecular weight is 494 g/mol. The lowest BCUT2D eigenvalue weighted by Crippen LogP contribution is -2.50. The molecular formula is C24H23N5O3S2. The topological polar surface area (TPSA) is 96.4 Å². The standard InChI is InChI=1S/C24H23N5O3S2/c1-16-7-8-17(2)20(15-16)34(31,32)29-13-11-28(12-14-29)24(30)22-21(25-9-10-26-22)23-27-18-5-3-4-6-19(18)33-23/h3-10,15H,11-14H2,1-2H3. The van der Waals surface area contributed by atoms with E-state index in [1.807, 2.05) is 43.3 Å². The second kappa shape index (κ2) is 8.86. The Kier molecular flexibility index (Phi) is 5.88. The van der Waals surface area contributed by atoms with Gasteiger partial charge >= 0.3 is 0 Å². The van der Waals surface area contributed by atoms with E-state index in [2.05, 4.69) is 15.0 Å². The minimum atomic E-state index is -3.64. The Morgan fingerprint density at radius 1 is 0.971 bits per heavy atom. The van der Waals surface area contributed by atoms with Crippen LogP contribution >= 0.6 is 11.3 Å². The third-order valence-electron chi connectivity index (χ3n) is 5.88. The summed E-state index contributed by atoms with van der Waals surface area (Å²) in [6, 6.07) is 13.2. The number of hydrogen-bond donors (Lipinski definition) is 0. The van der Waals surface area contributed by atoms with Crippen LogP contribution in [0.3, 0.4) is 0 Å². The van der Waals surface area contributed by atoms with Gasteiger partial charge in [-0.1, -0.05) is 24.3 Å². The van der Waals surface area contributed by atoms with E-state index in [-0.39, 0.29) is 37.8 Å². The third-order valence-corrected chi connectivity index (χ3v) is 8.97. The molecule has 1 fully saturated rings. The molecule has 0 saturated carbocycles. The predicted octanol–water partition coefficient (Wildman–Crippen LogP) is 3.52. The second-order valence-electron chi connectivity index (χ2n) is 8.21. The van der Waals surface area contributed by atoms with Gasteiger partial charge < -0.3 is 4.90 Å². The van der Waals surface area contributed by atoms with Crippen molar-refractivity contribution >= 4 is 37.5 Å². The van der Waals surface area contributed by atoms with Gasteiger partial charge in [0, 0.05) is 38.6 Å². The Hall–Kier alpha value is -3.21. The lowest BCUT2D eigenvalue weighted by Gasteiger charge is -2.34. The summed E-state index contributed by atoms with van der Waals surface area (Å²) in [6.45, 7) is 4.66. The van der Waals surface area contributed by atoms with Crippen LogP contribution in [0.2, 0.25) is 0 Å². The van der Waals surface area contributed by atoms with Gasteiger partial charge in [0.25, 0.3) is 5.91 Å². The molecule has 0 atom stereocenters. The van der Waals surface area contributed by atoms with Crippen LogP contribution in [-0.4, -0.2) is 64.7 Å². The van der Waals surface area contributed by atoms with E-state index in [4.69, 9.17) is 0 Å². The van der Waals surface area contributed by atoms with Crippen LogP contribution in [0, 0.1) is 13.8 Å². The quantitative estimate of drug-likeness (QED) is 0.432. The number of para-hydroxylation sites is 1. The van der Waals surface area contributed by atoms with Crippen LogP contribution in [0.1, 0.15) is 21.6 Å². The fraction of sp³-hybridized carbons (Fsp3) is 0.250. The van der Waals surface area contributed by atoms with Gasteiger partial charge in [-0.2, -0.15) is 4.31 Å². The Morgan fingerprint density at radius 3 is 2.47 bits per heavy atom. The van der Waals surface area contributed by atoms with Crippen molar-refractivity contribution < 1.29 is 13.2 Å². The zero-order chi connectivity index (χ0) is 23.9. The van der Waals surface area contributed by atoms with Gasteiger partial charge in [-0.25, -0.2) is 23.4 Å². The van der Waals surface area contributed by atoms with Crippen LogP contribution in [0.25, 0.3) is 20.9 Å². The van der Waals surface area contributed by atoms with Crippen molar-refractivity contribution in [3.8, 4) is 10.7 Å². The SMILES string of the molecule is Cc1ccc(C)c(S(=O)(=O)N2CCN(C(=O)c3nccnc3-c3nc4ccccc4s3)CC2)c1. The average Bonchev–Trinajstić information content (AvgIpc) is 3.29. The maximum Gasteiger partial charge on any atom is 0.274 e. The van der Waals surface area contributed by atoms with Crippen molar-refractivity contribution in [2.24, 2.45) is 0 Å². The Morgan fingerprint density at radius 2 is 1.71 bits per heavy atom. The van der Waals surface area contributed by atoms with Gasteiger partial charge in [-0.15, -0.1) is 11.3 Å². The molecule has 3 heterocycles. The molecular weight excluding hydrogens is 470 g/mol. The molecule has 0 N–H and O–H groups in total. The largest absolute Gasteiger partial charge is 0.335 e. The fourth-order valence-electron chi connectivity index (χ4n) is 4.03. The highest BCUT2D eigenvalue weighted by Crippen LogP contribution is 2.31. The van der Waals surface area contributed by atoms with Gasteiger partial charge in [0.1, 0.15) is 10.7 Å². The van der Waals surface area contributed by atoms with E-state index >= 15 is 0 Å². The number of aryl methyl sites for hydroxylation is 2. The molecule has 0 unspecified atom stereocenters. The molecule has 2 aromatic carbocycles. The number of carbonyl (C=O) groups excluding carboxylic acids is 1. The number of aromatic nitrogens is 3. The first-order valence-corrected chi connectivity index (χ1v) is 13.1. The third kappa shape index (κ3) is 4.08. The van der Waals surface area contributed by atoms with E-state index in [0.29, 0.717) is 21.2 Å². The molecule has 10 heteroatoms. The van der Waals surface area contributed by atoms with Crippen LogP contribution in [-0.2, 0) is 10.0 Å². The van der Waals surface area contributed by atoms with Gasteiger partial charge in [0.2, 0.25) is 10.0 Å². The number of rotatable bonds is 4. The zero-order valence-electron chi connectivity index (χ0n) is 18.8. The highest BCUT2D eigenvalue weighted by Gasteiger charge is 2.33. The summed E-state index contributed by atoms with van der Waals surface area (Å²) < 4.78 is 28.9. The van der Waals surface area contributed by atoms with Crippen molar-refractivity contribution in [3.63, 3.8) is 0 Å². The van der Waals surface area contributed by atoms with E-state index in [1.54, 1.807) is 24.1 Å². The summed E-state index contributed by atoms with van der Waals surface area (Å²) in [7, 11) is -3.64. The predicted molar refractivity (Wildman–Crippen MR) is 131 cm³/mol. The molecule has 2 aromatic heterocycles. The number of hydrogen-bond acceptors (Lipinski definition) is 7. The molecule has 1 aliphatic heterocycles. The van der Waals surface area contributed by atoms with Crippen LogP contribution in [0.4, 0.5) is 0 Å². The monoisotopic (exact) mass is 493 g/mol. The van der Waals surface area contributed by atoms with Gasteiger partial charge in [-0.3, -0.25) is 4.79 Å². The van der Waals surface area contributed by atoms with Gasteiger partial charge in [0.15, 0.2) is 5.69 Å². The normalized spacial score (nSPS) is 15.1. The number of piperazine rings is 1. The number of nitrogens with zero attached hydrogens (tertiary/aromatic N) is 5.